The predicted octanol–water partition coefficient (Wildman–Crippen LogP) is 3.16. The van der Waals surface area contributed by atoms with Crippen molar-refractivity contribution in [1.82, 2.24) is 5.32 Å². The number of aryl methyl sites for hydroxylation is 1. The lowest BCUT2D eigenvalue weighted by molar-refractivity contribution is 0.388. The van der Waals surface area contributed by atoms with E-state index in [0.29, 0.717) is 11.8 Å². The monoisotopic (exact) mass is 264 g/mol. The van der Waals surface area contributed by atoms with Gasteiger partial charge in [-0.3, -0.25) is 0 Å². The first kappa shape index (κ1) is 15.8. The molecular weight excluding hydrogens is 236 g/mol. The Morgan fingerprint density at radius 2 is 1.95 bits per heavy atom. The highest BCUT2D eigenvalue weighted by atomic mass is 16.5. The Kier molecular flexibility index (Phi) is 6.71. The van der Waals surface area contributed by atoms with Crippen LogP contribution >= 0.6 is 0 Å². The van der Waals surface area contributed by atoms with Gasteiger partial charge in [-0.25, -0.2) is 0 Å². The minimum Gasteiger partial charge on any atom is -0.495 e. The number of hydrogen-bond donors (Lipinski definition) is 2. The van der Waals surface area contributed by atoms with Gasteiger partial charge in [0.25, 0.3) is 0 Å². The van der Waals surface area contributed by atoms with Crippen LogP contribution in [-0.2, 0) is 6.42 Å². The average molecular weight is 264 g/mol. The highest BCUT2D eigenvalue weighted by Crippen LogP contribution is 2.26. The van der Waals surface area contributed by atoms with E-state index in [2.05, 4.69) is 43.5 Å². The second kappa shape index (κ2) is 8.05. The van der Waals surface area contributed by atoms with Crippen LogP contribution in [0.1, 0.15) is 26.3 Å². The molecule has 108 valence electrons. The first-order chi connectivity index (χ1) is 9.12. The number of anilines is 1. The van der Waals surface area contributed by atoms with Crippen molar-refractivity contribution < 1.29 is 4.74 Å². The quantitative estimate of drug-likeness (QED) is 0.756. The molecular formula is C16H28N2O. The highest BCUT2D eigenvalue weighted by molar-refractivity contribution is 5.58. The smallest absolute Gasteiger partial charge is 0.141 e. The lowest BCUT2D eigenvalue weighted by atomic mass is 9.95. The third-order valence-corrected chi connectivity index (χ3v) is 3.64. The Morgan fingerprint density at radius 1 is 1.21 bits per heavy atom. The minimum atomic E-state index is 0.611. The van der Waals surface area contributed by atoms with Crippen LogP contribution in [0.3, 0.4) is 0 Å². The summed E-state index contributed by atoms with van der Waals surface area (Å²) in [6.45, 7) is 8.69. The molecule has 0 bridgehead atoms. The van der Waals surface area contributed by atoms with Crippen molar-refractivity contribution >= 4 is 5.69 Å². The van der Waals surface area contributed by atoms with Crippen LogP contribution in [0.4, 0.5) is 5.69 Å². The maximum atomic E-state index is 5.42. The average Bonchev–Trinajstić information content (AvgIpc) is 2.42. The normalized spacial score (nSPS) is 12.5. The Balaban J connectivity index is 2.74. The van der Waals surface area contributed by atoms with Crippen LogP contribution in [0.5, 0.6) is 5.75 Å². The summed E-state index contributed by atoms with van der Waals surface area (Å²) in [6.07, 6.45) is 1.04. The van der Waals surface area contributed by atoms with E-state index in [0.717, 1.165) is 30.9 Å². The molecule has 0 aliphatic carbocycles. The first-order valence-corrected chi connectivity index (χ1v) is 7.17. The molecule has 0 fully saturated rings. The topological polar surface area (TPSA) is 33.3 Å². The summed E-state index contributed by atoms with van der Waals surface area (Å²) in [5.74, 6) is 2.18. The van der Waals surface area contributed by atoms with Crippen LogP contribution in [-0.4, -0.2) is 27.2 Å². The lowest BCUT2D eigenvalue weighted by Gasteiger charge is -2.22. The standard InChI is InChI=1S/C16H28N2O/c1-6-13-7-8-16(19-5)15(9-13)18-11-14(10-17-4)12(2)3/h7-9,12,14,17-18H,6,10-11H2,1-5H3. The minimum absolute atomic E-state index is 0.611. The molecule has 1 rings (SSSR count). The molecule has 0 saturated heterocycles. The molecule has 3 nitrogen and oxygen atoms in total. The van der Waals surface area contributed by atoms with Gasteiger partial charge < -0.3 is 15.4 Å². The van der Waals surface area contributed by atoms with E-state index in [1.165, 1.54) is 5.56 Å². The number of ether oxygens (including phenoxy) is 1. The molecule has 0 heterocycles. The Labute approximate surface area is 117 Å². The predicted molar refractivity (Wildman–Crippen MR) is 83.1 cm³/mol. The van der Waals surface area contributed by atoms with Gasteiger partial charge >= 0.3 is 0 Å². The molecule has 0 spiro atoms. The largest absolute Gasteiger partial charge is 0.495 e. The number of nitrogens with one attached hydrogen (secondary N) is 2. The van der Waals surface area contributed by atoms with Crippen molar-refractivity contribution in [2.24, 2.45) is 11.8 Å². The summed E-state index contributed by atoms with van der Waals surface area (Å²) in [5.41, 5.74) is 2.43. The number of rotatable bonds is 8. The van der Waals surface area contributed by atoms with Crippen molar-refractivity contribution in [3.63, 3.8) is 0 Å². The summed E-state index contributed by atoms with van der Waals surface area (Å²) < 4.78 is 5.42. The van der Waals surface area contributed by atoms with Gasteiger partial charge in [0.2, 0.25) is 0 Å². The SMILES string of the molecule is CCc1ccc(OC)c(NCC(CNC)C(C)C)c1. The van der Waals surface area contributed by atoms with Crippen molar-refractivity contribution in [2.45, 2.75) is 27.2 Å². The van der Waals surface area contributed by atoms with Gasteiger partial charge in [0.15, 0.2) is 0 Å². The molecule has 3 heteroatoms. The van der Waals surface area contributed by atoms with Crippen molar-refractivity contribution in [3.8, 4) is 5.75 Å². The number of hydrogen-bond acceptors (Lipinski definition) is 3. The van der Waals surface area contributed by atoms with Gasteiger partial charge in [0.1, 0.15) is 5.75 Å². The molecule has 1 unspecified atom stereocenters. The van der Waals surface area contributed by atoms with Crippen LogP contribution in [0.25, 0.3) is 0 Å². The van der Waals surface area contributed by atoms with Crippen molar-refractivity contribution in [3.05, 3.63) is 23.8 Å². The molecule has 0 aliphatic rings. The second-order valence-electron chi connectivity index (χ2n) is 5.33. The summed E-state index contributed by atoms with van der Waals surface area (Å²) in [4.78, 5) is 0. The molecule has 0 radical (unpaired) electrons. The molecule has 19 heavy (non-hydrogen) atoms. The summed E-state index contributed by atoms with van der Waals surface area (Å²) in [5, 5.41) is 6.81. The summed E-state index contributed by atoms with van der Waals surface area (Å²) >= 11 is 0. The molecule has 0 aromatic heterocycles. The molecule has 1 aromatic carbocycles. The van der Waals surface area contributed by atoms with Crippen LogP contribution < -0.4 is 15.4 Å². The van der Waals surface area contributed by atoms with E-state index in [4.69, 9.17) is 4.74 Å². The van der Waals surface area contributed by atoms with Crippen molar-refractivity contribution in [1.29, 1.82) is 0 Å². The van der Waals surface area contributed by atoms with E-state index in [1.807, 2.05) is 13.1 Å². The van der Waals surface area contributed by atoms with Gasteiger partial charge in [-0.1, -0.05) is 26.8 Å². The lowest BCUT2D eigenvalue weighted by Crippen LogP contribution is -2.29. The maximum absolute atomic E-state index is 5.42. The van der Waals surface area contributed by atoms with E-state index in [1.54, 1.807) is 7.11 Å². The maximum Gasteiger partial charge on any atom is 0.141 e. The van der Waals surface area contributed by atoms with Crippen LogP contribution in [0.2, 0.25) is 0 Å². The summed E-state index contributed by atoms with van der Waals surface area (Å²) in [6, 6.07) is 6.36. The summed E-state index contributed by atoms with van der Waals surface area (Å²) in [7, 11) is 3.73. The first-order valence-electron chi connectivity index (χ1n) is 7.17. The van der Waals surface area contributed by atoms with Crippen molar-refractivity contribution in [2.75, 3.05) is 32.6 Å². The molecule has 0 aliphatic heterocycles. The van der Waals surface area contributed by atoms with Crippen LogP contribution in [0.15, 0.2) is 18.2 Å². The molecule has 1 aromatic rings. The fraction of sp³-hybridized carbons (Fsp3) is 0.625. The molecule has 0 amide bonds. The van der Waals surface area contributed by atoms with Gasteiger partial charge in [-0.05, 0) is 49.5 Å². The zero-order valence-electron chi connectivity index (χ0n) is 12.9. The molecule has 0 saturated carbocycles. The highest BCUT2D eigenvalue weighted by Gasteiger charge is 2.13. The van der Waals surface area contributed by atoms with E-state index in [-0.39, 0.29) is 0 Å². The van der Waals surface area contributed by atoms with Crippen LogP contribution in [0, 0.1) is 11.8 Å². The van der Waals surface area contributed by atoms with E-state index >= 15 is 0 Å². The zero-order valence-corrected chi connectivity index (χ0v) is 12.9. The third kappa shape index (κ3) is 4.75. The third-order valence-electron chi connectivity index (χ3n) is 3.64. The Bertz CT molecular complexity index is 377. The number of benzene rings is 1. The fourth-order valence-corrected chi connectivity index (χ4v) is 2.16. The second-order valence-corrected chi connectivity index (χ2v) is 5.33. The fourth-order valence-electron chi connectivity index (χ4n) is 2.16. The molecule has 2 N–H and O–H groups in total. The number of methoxy groups -OCH3 is 1. The van der Waals surface area contributed by atoms with E-state index < -0.39 is 0 Å². The van der Waals surface area contributed by atoms with Gasteiger partial charge in [0.05, 0.1) is 12.8 Å². The van der Waals surface area contributed by atoms with Gasteiger partial charge in [-0.2, -0.15) is 0 Å². The molecule has 1 atom stereocenters. The van der Waals surface area contributed by atoms with Gasteiger partial charge in [-0.15, -0.1) is 0 Å². The Hall–Kier alpha value is -1.22. The van der Waals surface area contributed by atoms with Gasteiger partial charge in [0, 0.05) is 6.54 Å². The Morgan fingerprint density at radius 3 is 2.47 bits per heavy atom. The zero-order chi connectivity index (χ0) is 14.3. The van der Waals surface area contributed by atoms with E-state index in [9.17, 15) is 0 Å².